The number of alkyl halides is 3. The molecular formula is C67H36F3N7. The predicted octanol–water partition coefficient (Wildman–Crippen LogP) is 18.9. The van der Waals surface area contributed by atoms with E-state index in [2.05, 4.69) is 41.9 Å². The highest BCUT2D eigenvalue weighted by Crippen LogP contribution is 2.47. The van der Waals surface area contributed by atoms with E-state index in [0.717, 1.165) is 100 Å². The van der Waals surface area contributed by atoms with Crippen LogP contribution in [0.4, 0.5) is 30.2 Å². The minimum absolute atomic E-state index is 0.119. The highest BCUT2D eigenvalue weighted by Gasteiger charge is 2.32. The molecule has 0 bridgehead atoms. The van der Waals surface area contributed by atoms with E-state index in [1.807, 2.05) is 146 Å². The van der Waals surface area contributed by atoms with Crippen molar-refractivity contribution >= 4 is 60.7 Å². The number of fused-ring (bicyclic) bond motifs is 6. The van der Waals surface area contributed by atoms with Crippen LogP contribution in [0.25, 0.3) is 125 Å². The molecule has 0 atom stereocenters. The van der Waals surface area contributed by atoms with Gasteiger partial charge in [-0.1, -0.05) is 115 Å². The topological polar surface area (TPSA) is 70.5 Å². The third-order valence-corrected chi connectivity index (χ3v) is 14.3. The molecule has 12 aromatic rings. The maximum Gasteiger partial charge on any atom is 0.416 e. The lowest BCUT2D eigenvalue weighted by Crippen LogP contribution is -2.06. The van der Waals surface area contributed by atoms with Crippen molar-refractivity contribution in [2.45, 2.75) is 13.1 Å². The van der Waals surface area contributed by atoms with E-state index >= 15 is 0 Å². The van der Waals surface area contributed by atoms with Crippen LogP contribution in [0.2, 0.25) is 0 Å². The fourth-order valence-corrected chi connectivity index (χ4v) is 10.9. The summed E-state index contributed by atoms with van der Waals surface area (Å²) in [6.07, 6.45) is -4.66. The Morgan fingerprint density at radius 2 is 0.766 bits per heavy atom. The second kappa shape index (κ2) is 18.5. The Morgan fingerprint density at radius 3 is 1.17 bits per heavy atom. The highest BCUT2D eigenvalue weighted by atomic mass is 19.4. The second-order valence-corrected chi connectivity index (χ2v) is 18.7. The fraction of sp³-hybridized carbons (Fsp3) is 0.0299. The van der Waals surface area contributed by atoms with Crippen molar-refractivity contribution in [3.63, 3.8) is 0 Å². The van der Waals surface area contributed by atoms with Gasteiger partial charge in [0.15, 0.2) is 17.1 Å². The lowest BCUT2D eigenvalue weighted by atomic mass is 9.97. The first kappa shape index (κ1) is 47.1. The summed E-state index contributed by atoms with van der Waals surface area (Å²) in [6.45, 7) is 26.4. The Bertz CT molecular complexity index is 4480. The van der Waals surface area contributed by atoms with Gasteiger partial charge in [0.05, 0.1) is 82.0 Å². The van der Waals surface area contributed by atoms with Gasteiger partial charge in [-0.05, 0) is 153 Å². The van der Waals surface area contributed by atoms with E-state index < -0.39 is 11.7 Å². The summed E-state index contributed by atoms with van der Waals surface area (Å²) < 4.78 is 48.2. The summed E-state index contributed by atoms with van der Waals surface area (Å²) in [5.74, 6) is 0. The molecule has 0 unspecified atom stereocenters. The molecule has 0 N–H and O–H groups in total. The molecule has 12 rings (SSSR count). The number of para-hydroxylation sites is 2. The van der Waals surface area contributed by atoms with E-state index in [9.17, 15) is 23.7 Å². The van der Waals surface area contributed by atoms with Crippen molar-refractivity contribution in [2.75, 3.05) is 0 Å². The molecule has 77 heavy (non-hydrogen) atoms. The second-order valence-electron chi connectivity index (χ2n) is 18.7. The van der Waals surface area contributed by atoms with Gasteiger partial charge in [-0.3, -0.25) is 0 Å². The molecule has 0 aliphatic carbocycles. The Labute approximate surface area is 440 Å². The van der Waals surface area contributed by atoms with Gasteiger partial charge in [-0.25, -0.2) is 14.5 Å². The highest BCUT2D eigenvalue weighted by molar-refractivity contribution is 6.15. The average molecular weight is 996 g/mol. The Kier molecular flexibility index (Phi) is 11.3. The Hall–Kier alpha value is -11.0. The van der Waals surface area contributed by atoms with Crippen molar-refractivity contribution in [3.05, 3.63) is 257 Å². The van der Waals surface area contributed by atoms with Gasteiger partial charge in [-0.2, -0.15) is 23.7 Å². The van der Waals surface area contributed by atoms with Gasteiger partial charge < -0.3 is 9.13 Å². The molecule has 0 saturated carbocycles. The average Bonchev–Trinajstić information content (AvgIpc) is 4.14. The lowest BCUT2D eigenvalue weighted by molar-refractivity contribution is -0.137. The molecule has 10 aromatic carbocycles. The van der Waals surface area contributed by atoms with Crippen molar-refractivity contribution in [2.24, 2.45) is 0 Å². The molecule has 10 heteroatoms. The van der Waals surface area contributed by atoms with Crippen LogP contribution in [-0.4, -0.2) is 9.13 Å². The minimum Gasteiger partial charge on any atom is -0.308 e. The molecule has 0 aliphatic heterocycles. The van der Waals surface area contributed by atoms with E-state index in [4.69, 9.17) is 19.7 Å². The third-order valence-electron chi connectivity index (χ3n) is 14.3. The maximum absolute atomic E-state index is 14.7. The molecule has 360 valence electrons. The molecule has 0 spiro atoms. The summed E-state index contributed by atoms with van der Waals surface area (Å²) in [4.78, 5) is 11.7. The Morgan fingerprint density at radius 1 is 0.390 bits per heavy atom. The number of hydrogen-bond acceptors (Lipinski definition) is 2. The standard InChI is InChI=1S/C67H36F3N7/c1-40-29-47(31-48(30-40)67(68,69)70)53-36-65(76-61-25-21-41(49-15-7-5-13-45(49)38-71)32-54(61)56-34-43(23-27-62(56)76)51-17-9-11-19-58(51)73-2)66(37-60(53)75-4)77-63-26-22-42(50-16-8-6-14-46(50)39-72)33-55(63)57-35-44(24-28-64(57)77)52-18-10-12-20-59(52)74-3/h5-37H,1H3. The normalized spacial score (nSPS) is 11.3. The number of nitrogens with zero attached hydrogens (tertiary/aromatic N) is 7. The van der Waals surface area contributed by atoms with Gasteiger partial charge in [0.25, 0.3) is 0 Å². The van der Waals surface area contributed by atoms with E-state index in [1.165, 1.54) is 0 Å². The van der Waals surface area contributed by atoms with Crippen molar-refractivity contribution in [3.8, 4) is 79.1 Å². The first-order valence-electron chi connectivity index (χ1n) is 24.3. The van der Waals surface area contributed by atoms with Crippen molar-refractivity contribution in [1.82, 2.24) is 9.13 Å². The number of aromatic nitrogens is 2. The SMILES string of the molecule is [C-]#[N+]c1ccccc1-c1ccc2c(c1)c1cc(-c3ccccc3C#N)ccc1n2-c1cc([N+]#[C-])c(-c2cc(C)cc(C(F)(F)F)c2)cc1-n1c2ccc(-c3ccccc3C#N)cc2c2cc(-c3ccccc3[N+]#[C-])ccc21. The number of hydrogen-bond donors (Lipinski definition) is 0. The quantitative estimate of drug-likeness (QED) is 0.149. The zero-order valence-electron chi connectivity index (χ0n) is 40.8. The number of halogens is 3. The molecule has 2 aromatic heterocycles. The van der Waals surface area contributed by atoms with Gasteiger partial charge in [0.2, 0.25) is 0 Å². The molecule has 0 fully saturated rings. The van der Waals surface area contributed by atoms with Crippen molar-refractivity contribution in [1.29, 1.82) is 10.5 Å². The molecule has 0 amide bonds. The van der Waals surface area contributed by atoms with Crippen LogP contribution in [0.15, 0.2) is 200 Å². The molecule has 7 nitrogen and oxygen atoms in total. The van der Waals surface area contributed by atoms with Gasteiger partial charge in [0, 0.05) is 21.5 Å². The summed E-state index contributed by atoms with van der Waals surface area (Å²) in [5.41, 5.74) is 12.3. The van der Waals surface area contributed by atoms with Crippen LogP contribution >= 0.6 is 0 Å². The first-order chi connectivity index (χ1) is 37.5. The van der Waals surface area contributed by atoms with Crippen LogP contribution in [0.5, 0.6) is 0 Å². The van der Waals surface area contributed by atoms with Gasteiger partial charge in [-0.15, -0.1) is 0 Å². The number of rotatable bonds is 7. The van der Waals surface area contributed by atoms with Gasteiger partial charge >= 0.3 is 6.18 Å². The molecular weight excluding hydrogens is 960 g/mol. The zero-order valence-corrected chi connectivity index (χ0v) is 40.8. The predicted molar refractivity (Wildman–Crippen MR) is 300 cm³/mol. The summed E-state index contributed by atoms with van der Waals surface area (Å²) in [6, 6.07) is 65.7. The lowest BCUT2D eigenvalue weighted by Gasteiger charge is -2.20. The molecule has 0 radical (unpaired) electrons. The monoisotopic (exact) mass is 995 g/mol. The van der Waals surface area contributed by atoms with Crippen LogP contribution in [0, 0.1) is 49.3 Å². The minimum atomic E-state index is -4.66. The summed E-state index contributed by atoms with van der Waals surface area (Å²) >= 11 is 0. The maximum atomic E-state index is 14.7. The first-order valence-corrected chi connectivity index (χ1v) is 24.3. The van der Waals surface area contributed by atoms with Gasteiger partial charge in [0.1, 0.15) is 0 Å². The fourth-order valence-electron chi connectivity index (χ4n) is 10.9. The van der Waals surface area contributed by atoms with Crippen LogP contribution in [-0.2, 0) is 6.18 Å². The van der Waals surface area contributed by atoms with E-state index in [0.29, 0.717) is 45.0 Å². The van der Waals surface area contributed by atoms with E-state index in [-0.39, 0.29) is 11.3 Å². The van der Waals surface area contributed by atoms with Crippen LogP contribution in [0.3, 0.4) is 0 Å². The largest absolute Gasteiger partial charge is 0.416 e. The number of aryl methyl sites for hydroxylation is 1. The van der Waals surface area contributed by atoms with Crippen LogP contribution in [0.1, 0.15) is 22.3 Å². The third kappa shape index (κ3) is 7.89. The molecule has 2 heterocycles. The van der Waals surface area contributed by atoms with Crippen molar-refractivity contribution < 1.29 is 13.2 Å². The smallest absolute Gasteiger partial charge is 0.308 e. The Balaban J connectivity index is 1.23. The summed E-state index contributed by atoms with van der Waals surface area (Å²) in [7, 11) is 0. The molecule has 0 aliphatic rings. The van der Waals surface area contributed by atoms with E-state index in [1.54, 1.807) is 43.3 Å². The zero-order chi connectivity index (χ0) is 53.1. The number of benzene rings is 10. The summed E-state index contributed by atoms with van der Waals surface area (Å²) in [5, 5.41) is 23.7. The number of nitriles is 2. The molecule has 0 saturated heterocycles. The van der Waals surface area contributed by atoms with Crippen LogP contribution < -0.4 is 0 Å².